The Morgan fingerprint density at radius 3 is 2.59 bits per heavy atom. The van der Waals surface area contributed by atoms with Gasteiger partial charge in [0.1, 0.15) is 11.9 Å². The third kappa shape index (κ3) is 4.21. The van der Waals surface area contributed by atoms with Gasteiger partial charge in [0.15, 0.2) is 6.23 Å². The lowest BCUT2D eigenvalue weighted by atomic mass is 9.99. The quantitative estimate of drug-likeness (QED) is 0.737. The number of benzene rings is 1. The fraction of sp³-hybridized carbons (Fsp3) is 0.435. The number of hydrogen-bond acceptors (Lipinski definition) is 4. The van der Waals surface area contributed by atoms with Crippen molar-refractivity contribution in [1.82, 2.24) is 14.8 Å². The number of rotatable bonds is 4. The second-order valence-electron chi connectivity index (χ2n) is 8.19. The number of carbonyl (C=O) groups is 1. The maximum Gasteiger partial charge on any atom is 0.416 e. The van der Waals surface area contributed by atoms with Crippen molar-refractivity contribution in [3.05, 3.63) is 59.0 Å². The summed E-state index contributed by atoms with van der Waals surface area (Å²) in [5.41, 5.74) is 2.57. The molecule has 1 aromatic carbocycles. The Morgan fingerprint density at radius 2 is 1.94 bits per heavy atom. The summed E-state index contributed by atoms with van der Waals surface area (Å²) in [6.45, 7) is 2.90. The van der Waals surface area contributed by atoms with Crippen LogP contribution < -0.4 is 4.74 Å². The second kappa shape index (κ2) is 8.54. The van der Waals surface area contributed by atoms with Crippen LogP contribution in [0.15, 0.2) is 36.7 Å². The number of likely N-dealkylation sites (tertiary alicyclic amines) is 1. The molecular weight excluding hydrogens is 423 g/mol. The van der Waals surface area contributed by atoms with Crippen LogP contribution in [0.2, 0.25) is 0 Å². The summed E-state index contributed by atoms with van der Waals surface area (Å²) in [6.07, 6.45) is -0.237. The molecule has 0 aliphatic carbocycles. The van der Waals surface area contributed by atoms with Gasteiger partial charge in [0.05, 0.1) is 16.8 Å². The van der Waals surface area contributed by atoms with Crippen LogP contribution in [0.4, 0.5) is 13.2 Å². The summed E-state index contributed by atoms with van der Waals surface area (Å²) in [4.78, 5) is 20.2. The minimum Gasteiger partial charge on any atom is -0.490 e. The molecule has 1 saturated heterocycles. The van der Waals surface area contributed by atoms with E-state index < -0.39 is 11.7 Å². The number of aromatic nitrogens is 1. The van der Waals surface area contributed by atoms with Gasteiger partial charge in [-0.25, -0.2) is 0 Å². The molecular formula is C23H26F3N3O3. The highest BCUT2D eigenvalue weighted by Gasteiger charge is 2.34. The molecule has 0 spiro atoms. The first-order valence-corrected chi connectivity index (χ1v) is 10.5. The van der Waals surface area contributed by atoms with E-state index in [4.69, 9.17) is 9.47 Å². The van der Waals surface area contributed by atoms with E-state index in [0.717, 1.165) is 29.0 Å². The number of piperidine rings is 1. The van der Waals surface area contributed by atoms with Crippen LogP contribution in [0.1, 0.15) is 53.2 Å². The number of alkyl halides is 3. The molecule has 1 amide bonds. The smallest absolute Gasteiger partial charge is 0.416 e. The van der Waals surface area contributed by atoms with Gasteiger partial charge in [-0.2, -0.15) is 13.2 Å². The first-order valence-electron chi connectivity index (χ1n) is 10.5. The second-order valence-corrected chi connectivity index (χ2v) is 8.19. The number of methoxy groups -OCH3 is 1. The summed E-state index contributed by atoms with van der Waals surface area (Å²) in [6, 6.07) is 4.90. The predicted molar refractivity (Wildman–Crippen MR) is 113 cm³/mol. The third-order valence-electron chi connectivity index (χ3n) is 5.98. The van der Waals surface area contributed by atoms with Gasteiger partial charge in [-0.05, 0) is 30.7 Å². The van der Waals surface area contributed by atoms with Crippen LogP contribution in [0.5, 0.6) is 5.75 Å². The van der Waals surface area contributed by atoms with E-state index >= 15 is 0 Å². The minimum absolute atomic E-state index is 0.0924. The molecule has 0 bridgehead atoms. The van der Waals surface area contributed by atoms with E-state index in [9.17, 15) is 18.0 Å². The van der Waals surface area contributed by atoms with Crippen molar-refractivity contribution in [2.45, 2.75) is 38.3 Å². The van der Waals surface area contributed by atoms with Crippen molar-refractivity contribution in [2.75, 3.05) is 27.2 Å². The van der Waals surface area contributed by atoms with E-state index in [-0.39, 0.29) is 24.0 Å². The standard InChI is InChI=1S/C23H26F3N3O3/c1-14-13-28(2)22(31-3)19-18(12-27-20(14)19)21(30)29-9-7-16(8-10-29)32-17-6-4-5-15(11-17)23(24,25)26/h4-6,11-13,16,22,27H,7-10H2,1-3H3. The monoisotopic (exact) mass is 449 g/mol. The van der Waals surface area contributed by atoms with Gasteiger partial charge in [-0.15, -0.1) is 0 Å². The van der Waals surface area contributed by atoms with E-state index in [1.54, 1.807) is 18.2 Å². The molecule has 172 valence electrons. The SMILES string of the molecule is COC1c2c(C(=O)N3CCC(Oc4cccc(C(F)(F)F)c4)CC3)c[nH]c2C(C)=CN1C. The van der Waals surface area contributed by atoms with Crippen LogP contribution in [0.3, 0.4) is 0 Å². The molecule has 1 fully saturated rings. The van der Waals surface area contributed by atoms with Crippen LogP contribution in [0.25, 0.3) is 5.57 Å². The average Bonchev–Trinajstić information content (AvgIpc) is 3.19. The lowest BCUT2D eigenvalue weighted by Gasteiger charge is -2.34. The van der Waals surface area contributed by atoms with Gasteiger partial charge in [-0.1, -0.05) is 6.07 Å². The lowest BCUT2D eigenvalue weighted by molar-refractivity contribution is -0.137. The largest absolute Gasteiger partial charge is 0.490 e. The highest BCUT2D eigenvalue weighted by Crippen LogP contribution is 2.37. The number of ether oxygens (including phenoxy) is 2. The number of carbonyl (C=O) groups excluding carboxylic acids is 1. The zero-order valence-corrected chi connectivity index (χ0v) is 18.2. The van der Waals surface area contributed by atoms with Crippen molar-refractivity contribution in [2.24, 2.45) is 0 Å². The number of nitrogens with one attached hydrogen (secondary N) is 1. The molecule has 2 aromatic rings. The van der Waals surface area contributed by atoms with Crippen LogP contribution in [-0.4, -0.2) is 54.0 Å². The predicted octanol–water partition coefficient (Wildman–Crippen LogP) is 4.67. The van der Waals surface area contributed by atoms with Crippen LogP contribution in [0, 0.1) is 0 Å². The van der Waals surface area contributed by atoms with E-state index in [1.807, 2.05) is 25.1 Å². The molecule has 32 heavy (non-hydrogen) atoms. The Bertz CT molecular complexity index is 1020. The number of hydrogen-bond donors (Lipinski definition) is 1. The Morgan fingerprint density at radius 1 is 1.22 bits per heavy atom. The molecule has 1 unspecified atom stereocenters. The van der Waals surface area contributed by atoms with Gasteiger partial charge in [0.2, 0.25) is 0 Å². The maximum absolute atomic E-state index is 13.3. The van der Waals surface area contributed by atoms with E-state index in [2.05, 4.69) is 4.98 Å². The first kappa shape index (κ1) is 22.3. The number of halogens is 3. The molecule has 1 N–H and O–H groups in total. The fourth-order valence-corrected chi connectivity index (χ4v) is 4.40. The molecule has 3 heterocycles. The molecule has 4 rings (SSSR count). The van der Waals surface area contributed by atoms with Gasteiger partial charge in [0.25, 0.3) is 5.91 Å². The summed E-state index contributed by atoms with van der Waals surface area (Å²) in [5, 5.41) is 0. The summed E-state index contributed by atoms with van der Waals surface area (Å²) >= 11 is 0. The molecule has 2 aliphatic heterocycles. The number of aromatic amines is 1. The third-order valence-corrected chi connectivity index (χ3v) is 5.98. The molecule has 0 saturated carbocycles. The molecule has 0 radical (unpaired) electrons. The van der Waals surface area contributed by atoms with E-state index in [0.29, 0.717) is 31.5 Å². The van der Waals surface area contributed by atoms with Crippen molar-refractivity contribution in [1.29, 1.82) is 0 Å². The number of amides is 1. The molecule has 1 aromatic heterocycles. The number of H-pyrrole nitrogens is 1. The highest BCUT2D eigenvalue weighted by atomic mass is 19.4. The first-order chi connectivity index (χ1) is 15.2. The molecule has 2 aliphatic rings. The van der Waals surface area contributed by atoms with Crippen LogP contribution in [-0.2, 0) is 10.9 Å². The maximum atomic E-state index is 13.3. The van der Waals surface area contributed by atoms with Crippen molar-refractivity contribution < 1.29 is 27.4 Å². The van der Waals surface area contributed by atoms with Gasteiger partial charge in [-0.3, -0.25) is 4.79 Å². The summed E-state index contributed by atoms with van der Waals surface area (Å²) in [7, 11) is 3.51. The van der Waals surface area contributed by atoms with Crippen molar-refractivity contribution in [3.8, 4) is 5.75 Å². The Labute approximate surface area is 184 Å². The Balaban J connectivity index is 1.43. The zero-order valence-electron chi connectivity index (χ0n) is 18.2. The summed E-state index contributed by atoms with van der Waals surface area (Å²) < 4.78 is 50.2. The average molecular weight is 449 g/mol. The van der Waals surface area contributed by atoms with E-state index in [1.165, 1.54) is 12.1 Å². The number of allylic oxidation sites excluding steroid dienone is 1. The molecule has 9 heteroatoms. The normalized spacial score (nSPS) is 19.6. The van der Waals surface area contributed by atoms with Gasteiger partial charge in [0, 0.05) is 58.0 Å². The lowest BCUT2D eigenvalue weighted by Crippen LogP contribution is -2.42. The van der Waals surface area contributed by atoms with Gasteiger partial charge >= 0.3 is 6.18 Å². The van der Waals surface area contributed by atoms with Gasteiger partial charge < -0.3 is 24.3 Å². The number of nitrogens with zero attached hydrogens (tertiary/aromatic N) is 2. The topological polar surface area (TPSA) is 57.8 Å². The zero-order chi connectivity index (χ0) is 23.0. The minimum atomic E-state index is -4.41. The number of fused-ring (bicyclic) bond motifs is 1. The van der Waals surface area contributed by atoms with Crippen LogP contribution >= 0.6 is 0 Å². The Kier molecular flexibility index (Phi) is 5.94. The summed E-state index contributed by atoms with van der Waals surface area (Å²) in [5.74, 6) is 0.0997. The fourth-order valence-electron chi connectivity index (χ4n) is 4.40. The molecule has 1 atom stereocenters. The van der Waals surface area contributed by atoms with Crippen molar-refractivity contribution >= 4 is 11.5 Å². The molecule has 6 nitrogen and oxygen atoms in total. The highest BCUT2D eigenvalue weighted by molar-refractivity contribution is 5.97. The van der Waals surface area contributed by atoms with Crippen molar-refractivity contribution in [3.63, 3.8) is 0 Å². The Hall–Kier alpha value is -2.94.